The Hall–Kier alpha value is -3.27. The summed E-state index contributed by atoms with van der Waals surface area (Å²) in [6.07, 6.45) is -0.599. The Morgan fingerprint density at radius 3 is 2.47 bits per heavy atom. The number of ether oxygens (including phenoxy) is 1. The lowest BCUT2D eigenvalue weighted by Crippen LogP contribution is -2.29. The molecule has 0 radical (unpaired) electrons. The molecule has 1 atom stereocenters. The summed E-state index contributed by atoms with van der Waals surface area (Å²) in [5.41, 5.74) is 3.44. The van der Waals surface area contributed by atoms with Gasteiger partial charge < -0.3 is 29.9 Å². The zero-order valence-electron chi connectivity index (χ0n) is 19.3. The number of nitrogens with one attached hydrogen (secondary N) is 2. The van der Waals surface area contributed by atoms with E-state index in [0.29, 0.717) is 22.5 Å². The van der Waals surface area contributed by atoms with E-state index < -0.39 is 6.10 Å². The van der Waals surface area contributed by atoms with Crippen molar-refractivity contribution in [1.29, 1.82) is 0 Å². The van der Waals surface area contributed by atoms with Crippen molar-refractivity contribution in [3.63, 3.8) is 0 Å². The van der Waals surface area contributed by atoms with Crippen LogP contribution in [0.3, 0.4) is 0 Å². The summed E-state index contributed by atoms with van der Waals surface area (Å²) in [6.45, 7) is 10.3. The number of aromatic nitrogens is 4. The Balaban J connectivity index is 2.14. The number of hydrogen-bond acceptors (Lipinski definition) is 8. The molecular formula is C22H32N6O4. The number of aromatic hydroxyl groups is 2. The zero-order valence-corrected chi connectivity index (χ0v) is 19.3. The Bertz CT molecular complexity index is 1160. The van der Waals surface area contributed by atoms with Gasteiger partial charge in [-0.25, -0.2) is 4.99 Å². The first kappa shape index (κ1) is 23.4. The monoisotopic (exact) mass is 444 g/mol. The third-order valence-electron chi connectivity index (χ3n) is 5.11. The van der Waals surface area contributed by atoms with Gasteiger partial charge in [-0.15, -0.1) is 0 Å². The highest BCUT2D eigenvalue weighted by Gasteiger charge is 2.20. The van der Waals surface area contributed by atoms with E-state index >= 15 is 0 Å². The van der Waals surface area contributed by atoms with Gasteiger partial charge in [0, 0.05) is 18.2 Å². The molecule has 32 heavy (non-hydrogen) atoms. The predicted molar refractivity (Wildman–Crippen MR) is 122 cm³/mol. The summed E-state index contributed by atoms with van der Waals surface area (Å²) in [5.74, 6) is 0.291. The third-order valence-corrected chi connectivity index (χ3v) is 5.11. The molecule has 0 amide bonds. The zero-order chi connectivity index (χ0) is 23.6. The minimum absolute atomic E-state index is 0.0597. The van der Waals surface area contributed by atoms with Gasteiger partial charge in [0.05, 0.1) is 31.0 Å². The quantitative estimate of drug-likeness (QED) is 0.336. The molecule has 5 N–H and O–H groups in total. The van der Waals surface area contributed by atoms with Gasteiger partial charge in [0.25, 0.3) is 0 Å². The average molecular weight is 445 g/mol. The Labute approximate surface area is 186 Å². The van der Waals surface area contributed by atoms with Crippen LogP contribution in [0.15, 0.2) is 17.1 Å². The summed E-state index contributed by atoms with van der Waals surface area (Å²) in [4.78, 5) is 9.23. The number of phenolic OH excluding ortho intramolecular Hbond substituents is 2. The van der Waals surface area contributed by atoms with Crippen LogP contribution in [0.25, 0.3) is 11.0 Å². The molecule has 0 aliphatic carbocycles. The largest absolute Gasteiger partial charge is 0.504 e. The van der Waals surface area contributed by atoms with E-state index in [2.05, 4.69) is 34.4 Å². The first-order valence-electron chi connectivity index (χ1n) is 10.7. The van der Waals surface area contributed by atoms with Gasteiger partial charge in [0.15, 0.2) is 22.8 Å². The number of aliphatic hydroxyl groups excluding tert-OH is 1. The average Bonchev–Trinajstić information content (AvgIpc) is 3.18. The Morgan fingerprint density at radius 2 is 1.88 bits per heavy atom. The van der Waals surface area contributed by atoms with Crippen molar-refractivity contribution in [3.8, 4) is 17.2 Å². The van der Waals surface area contributed by atoms with Crippen LogP contribution in [0.5, 0.6) is 17.2 Å². The number of anilines is 1. The normalized spacial score (nSPS) is 13.3. The first-order chi connectivity index (χ1) is 15.1. The number of fused-ring (bicyclic) bond motifs is 1. The molecule has 1 aromatic carbocycles. The maximum Gasteiger partial charge on any atom is 0.227 e. The fraction of sp³-hybridized carbons (Fsp3) is 0.500. The second-order valence-corrected chi connectivity index (χ2v) is 8.38. The number of aliphatic hydroxyl groups is 1. The summed E-state index contributed by atoms with van der Waals surface area (Å²) in [7, 11) is 1.42. The first-order valence-corrected chi connectivity index (χ1v) is 10.7. The predicted octanol–water partition coefficient (Wildman–Crippen LogP) is 2.78. The van der Waals surface area contributed by atoms with Crippen LogP contribution in [-0.4, -0.2) is 54.8 Å². The molecule has 174 valence electrons. The molecule has 10 nitrogen and oxygen atoms in total. The summed E-state index contributed by atoms with van der Waals surface area (Å²) >= 11 is 0. The fourth-order valence-electron chi connectivity index (χ4n) is 3.49. The molecule has 0 aliphatic heterocycles. The van der Waals surface area contributed by atoms with E-state index in [1.54, 1.807) is 19.1 Å². The number of phenols is 2. The number of aromatic amines is 1. The molecule has 1 unspecified atom stereocenters. The van der Waals surface area contributed by atoms with Gasteiger partial charge in [-0.05, 0) is 38.8 Å². The molecule has 0 saturated heterocycles. The number of H-pyrrole nitrogens is 1. The molecule has 0 saturated carbocycles. The van der Waals surface area contributed by atoms with E-state index in [1.165, 1.54) is 7.11 Å². The van der Waals surface area contributed by atoms with Crippen molar-refractivity contribution in [2.24, 2.45) is 4.99 Å². The van der Waals surface area contributed by atoms with Crippen LogP contribution < -0.4 is 15.7 Å². The summed E-state index contributed by atoms with van der Waals surface area (Å²) < 4.78 is 7.04. The van der Waals surface area contributed by atoms with Gasteiger partial charge in [0.1, 0.15) is 0 Å². The highest BCUT2D eigenvalue weighted by molar-refractivity contribution is 5.87. The van der Waals surface area contributed by atoms with Crippen LogP contribution in [0.2, 0.25) is 0 Å². The van der Waals surface area contributed by atoms with Crippen LogP contribution in [-0.2, 0) is 6.54 Å². The van der Waals surface area contributed by atoms with Crippen molar-refractivity contribution >= 4 is 16.9 Å². The third kappa shape index (κ3) is 4.50. The summed E-state index contributed by atoms with van der Waals surface area (Å²) in [5, 5.41) is 41.0. The molecule has 2 aromatic heterocycles. The van der Waals surface area contributed by atoms with Crippen LogP contribution in [0, 0.1) is 0 Å². The smallest absolute Gasteiger partial charge is 0.227 e. The summed E-state index contributed by atoms with van der Waals surface area (Å²) in [6, 6.07) is 3.31. The highest BCUT2D eigenvalue weighted by Crippen LogP contribution is 2.38. The van der Waals surface area contributed by atoms with Crippen molar-refractivity contribution in [3.05, 3.63) is 29.0 Å². The number of methoxy groups -OCH3 is 1. The second kappa shape index (κ2) is 9.47. The highest BCUT2D eigenvalue weighted by atomic mass is 16.5. The van der Waals surface area contributed by atoms with Crippen molar-refractivity contribution in [2.75, 3.05) is 19.0 Å². The van der Waals surface area contributed by atoms with Gasteiger partial charge >= 0.3 is 0 Å². The molecule has 3 rings (SSSR count). The SMILES string of the molecule is COc1ccc(CNc2nc(=NCC(C)O)n(C(C)C)c3c(C(C)C)[nH]nc23)c(O)c1O. The lowest BCUT2D eigenvalue weighted by molar-refractivity contribution is 0.202. The number of nitrogens with zero attached hydrogens (tertiary/aromatic N) is 4. The molecule has 0 fully saturated rings. The van der Waals surface area contributed by atoms with E-state index in [0.717, 1.165) is 11.2 Å². The number of rotatable bonds is 8. The van der Waals surface area contributed by atoms with E-state index in [-0.39, 0.29) is 42.3 Å². The van der Waals surface area contributed by atoms with Crippen molar-refractivity contribution in [2.45, 2.75) is 59.2 Å². The van der Waals surface area contributed by atoms with Gasteiger partial charge in [-0.3, -0.25) is 5.10 Å². The number of benzene rings is 1. The van der Waals surface area contributed by atoms with Gasteiger partial charge in [-0.2, -0.15) is 10.1 Å². The van der Waals surface area contributed by atoms with Gasteiger partial charge in [-0.1, -0.05) is 13.8 Å². The molecule has 0 aliphatic rings. The van der Waals surface area contributed by atoms with Gasteiger partial charge in [0.2, 0.25) is 11.4 Å². The maximum absolute atomic E-state index is 10.3. The minimum atomic E-state index is -0.599. The van der Waals surface area contributed by atoms with Crippen LogP contribution in [0.4, 0.5) is 5.82 Å². The Morgan fingerprint density at radius 1 is 1.16 bits per heavy atom. The molecule has 10 heteroatoms. The standard InChI is InChI=1S/C22H32N6O4/c1-11(2)16-18-17(27-26-16)21(25-22(24-9-13(5)29)28(18)12(3)4)23-10-14-7-8-15(32-6)20(31)19(14)30/h7-8,11-13,29-31H,9-10H2,1-6H3,(H,26,27)(H,23,24,25). The lowest BCUT2D eigenvalue weighted by Gasteiger charge is -2.18. The molecular weight excluding hydrogens is 412 g/mol. The van der Waals surface area contributed by atoms with Crippen molar-refractivity contribution < 1.29 is 20.1 Å². The van der Waals surface area contributed by atoms with E-state index in [1.807, 2.05) is 18.4 Å². The molecule has 3 aromatic rings. The Kier molecular flexibility index (Phi) is 6.93. The second-order valence-electron chi connectivity index (χ2n) is 8.38. The molecule has 0 spiro atoms. The van der Waals surface area contributed by atoms with E-state index in [4.69, 9.17) is 9.72 Å². The maximum atomic E-state index is 10.3. The van der Waals surface area contributed by atoms with E-state index in [9.17, 15) is 15.3 Å². The molecule has 2 heterocycles. The number of hydrogen-bond donors (Lipinski definition) is 5. The van der Waals surface area contributed by atoms with Crippen molar-refractivity contribution in [1.82, 2.24) is 19.7 Å². The topological polar surface area (TPSA) is 141 Å². The molecule has 0 bridgehead atoms. The fourth-order valence-corrected chi connectivity index (χ4v) is 3.49. The lowest BCUT2D eigenvalue weighted by atomic mass is 10.1. The van der Waals surface area contributed by atoms with Crippen LogP contribution in [0.1, 0.15) is 57.8 Å². The minimum Gasteiger partial charge on any atom is -0.504 e. The van der Waals surface area contributed by atoms with Crippen LogP contribution >= 0.6 is 0 Å².